The number of nitrogens with zero attached hydrogens (tertiary/aromatic N) is 3. The Kier molecular flexibility index (Phi) is 9.05. The van der Waals surface area contributed by atoms with Crippen molar-refractivity contribution in [3.63, 3.8) is 0 Å². The zero-order valence-corrected chi connectivity index (χ0v) is 21.2. The van der Waals surface area contributed by atoms with E-state index >= 15 is 0 Å². The maximum atomic E-state index is 13.1. The number of methoxy groups -OCH3 is 1. The second-order valence-electron chi connectivity index (χ2n) is 7.85. The molecule has 3 rings (SSSR count). The molecule has 34 heavy (non-hydrogen) atoms. The van der Waals surface area contributed by atoms with Crippen LogP contribution in [0.1, 0.15) is 42.0 Å². The van der Waals surface area contributed by atoms with Crippen LogP contribution in [0.3, 0.4) is 0 Å². The molecule has 0 bridgehead atoms. The van der Waals surface area contributed by atoms with E-state index in [-0.39, 0.29) is 17.0 Å². The van der Waals surface area contributed by atoms with Gasteiger partial charge in [0.25, 0.3) is 11.5 Å². The molecule has 1 aromatic heterocycles. The lowest BCUT2D eigenvalue weighted by Crippen LogP contribution is -2.30. The van der Waals surface area contributed by atoms with Crippen LogP contribution in [0.4, 0.5) is 5.82 Å². The average molecular weight is 497 g/mol. The molecular formula is C25H28N4O3S2. The molecule has 0 spiro atoms. The molecular weight excluding hydrogens is 468 g/mol. The van der Waals surface area contributed by atoms with E-state index in [4.69, 9.17) is 17.0 Å². The van der Waals surface area contributed by atoms with Crippen molar-refractivity contribution in [2.45, 2.75) is 39.8 Å². The summed E-state index contributed by atoms with van der Waals surface area (Å²) in [7, 11) is 1.62. The van der Waals surface area contributed by atoms with Gasteiger partial charge in [-0.25, -0.2) is 0 Å². The highest BCUT2D eigenvalue weighted by molar-refractivity contribution is 8.26. The third kappa shape index (κ3) is 5.58. The molecule has 1 aliphatic rings. The first kappa shape index (κ1) is 25.7. The van der Waals surface area contributed by atoms with Gasteiger partial charge in [0.05, 0.1) is 4.91 Å². The molecule has 1 fully saturated rings. The highest BCUT2D eigenvalue weighted by Gasteiger charge is 2.32. The van der Waals surface area contributed by atoms with E-state index in [1.54, 1.807) is 29.6 Å². The molecule has 2 heterocycles. The summed E-state index contributed by atoms with van der Waals surface area (Å²) in [6, 6.07) is 11.9. The number of pyridine rings is 1. The first-order chi connectivity index (χ1) is 16.4. The Hall–Kier alpha value is -2.93. The highest BCUT2D eigenvalue weighted by atomic mass is 32.2. The standard InChI is InChI=1S/C25H28N4O3S2/c1-4-11-28-22(27-16-18-9-6-5-7-10-18)19(17(2)20(15-26)23(28)30)14-21-24(31)29(25(33)34-21)12-8-13-32-3/h5-7,9-10,14,27H,4,8,11-13,16H2,1-3H3/b21-14+. The first-order valence-corrected chi connectivity index (χ1v) is 12.3. The smallest absolute Gasteiger partial charge is 0.270 e. The largest absolute Gasteiger partial charge is 0.385 e. The summed E-state index contributed by atoms with van der Waals surface area (Å²) < 4.78 is 7.18. The van der Waals surface area contributed by atoms with Gasteiger partial charge in [-0.1, -0.05) is 61.2 Å². The molecule has 178 valence electrons. The lowest BCUT2D eigenvalue weighted by molar-refractivity contribution is -0.122. The van der Waals surface area contributed by atoms with Gasteiger partial charge in [0.15, 0.2) is 0 Å². The molecule has 1 aliphatic heterocycles. The Balaban J connectivity index is 2.08. The van der Waals surface area contributed by atoms with E-state index in [9.17, 15) is 14.9 Å². The number of hydrogen-bond donors (Lipinski definition) is 1. The number of rotatable bonds is 10. The number of aromatic nitrogens is 1. The molecule has 0 unspecified atom stereocenters. The zero-order chi connectivity index (χ0) is 24.7. The van der Waals surface area contributed by atoms with Crippen molar-refractivity contribution < 1.29 is 9.53 Å². The van der Waals surface area contributed by atoms with Crippen LogP contribution in [0.2, 0.25) is 0 Å². The summed E-state index contributed by atoms with van der Waals surface area (Å²) in [6.07, 6.45) is 3.15. The van der Waals surface area contributed by atoms with Gasteiger partial charge in [0, 0.05) is 38.9 Å². The van der Waals surface area contributed by atoms with Crippen molar-refractivity contribution in [1.29, 1.82) is 5.26 Å². The maximum Gasteiger partial charge on any atom is 0.270 e. The Bertz CT molecular complexity index is 1200. The predicted octanol–water partition coefficient (Wildman–Crippen LogP) is 4.29. The molecule has 7 nitrogen and oxygen atoms in total. The molecule has 9 heteroatoms. The van der Waals surface area contributed by atoms with Crippen molar-refractivity contribution in [3.8, 4) is 6.07 Å². The number of benzene rings is 1. The van der Waals surface area contributed by atoms with Gasteiger partial charge < -0.3 is 10.1 Å². The lowest BCUT2D eigenvalue weighted by atomic mass is 10.0. The molecule has 2 aromatic rings. The summed E-state index contributed by atoms with van der Waals surface area (Å²) in [4.78, 5) is 28.3. The summed E-state index contributed by atoms with van der Waals surface area (Å²) >= 11 is 6.67. The monoisotopic (exact) mass is 496 g/mol. The Morgan fingerprint density at radius 2 is 1.97 bits per heavy atom. The van der Waals surface area contributed by atoms with Crippen LogP contribution in [0.15, 0.2) is 40.0 Å². The van der Waals surface area contributed by atoms with Crippen molar-refractivity contribution in [2.24, 2.45) is 0 Å². The second kappa shape index (κ2) is 12.0. The Morgan fingerprint density at radius 3 is 2.62 bits per heavy atom. The third-order valence-corrected chi connectivity index (χ3v) is 6.88. The number of thioether (sulfide) groups is 1. The highest BCUT2D eigenvalue weighted by Crippen LogP contribution is 2.35. The molecule has 0 atom stereocenters. The SMILES string of the molecule is CCCn1c(NCc2ccccc2)c(/C=C2/SC(=S)N(CCCOC)C2=O)c(C)c(C#N)c1=O. The van der Waals surface area contributed by atoms with E-state index in [1.807, 2.05) is 37.3 Å². The molecule has 0 aliphatic carbocycles. The summed E-state index contributed by atoms with van der Waals surface area (Å²) in [5.74, 6) is 0.420. The lowest BCUT2D eigenvalue weighted by Gasteiger charge is -2.20. The van der Waals surface area contributed by atoms with E-state index in [1.165, 1.54) is 11.8 Å². The number of nitriles is 1. The minimum atomic E-state index is -0.332. The van der Waals surface area contributed by atoms with Gasteiger partial charge in [0.2, 0.25) is 0 Å². The molecule has 1 N–H and O–H groups in total. The first-order valence-electron chi connectivity index (χ1n) is 11.1. The Labute approximate surface area is 209 Å². The fraction of sp³-hybridized carbons (Fsp3) is 0.360. The summed E-state index contributed by atoms with van der Waals surface area (Å²) in [5.41, 5.74) is 2.00. The van der Waals surface area contributed by atoms with Crippen LogP contribution in [0.25, 0.3) is 6.08 Å². The minimum absolute atomic E-state index is 0.0838. The predicted molar refractivity (Wildman–Crippen MR) is 141 cm³/mol. The van der Waals surface area contributed by atoms with Crippen LogP contribution in [0, 0.1) is 18.3 Å². The van der Waals surface area contributed by atoms with Crippen molar-refractivity contribution >= 4 is 46.1 Å². The topological polar surface area (TPSA) is 87.4 Å². The molecule has 1 aromatic carbocycles. The fourth-order valence-corrected chi connectivity index (χ4v) is 5.05. The Morgan fingerprint density at radius 1 is 1.24 bits per heavy atom. The molecule has 0 radical (unpaired) electrons. The fourth-order valence-electron chi connectivity index (χ4n) is 3.76. The second-order valence-corrected chi connectivity index (χ2v) is 9.53. The maximum absolute atomic E-state index is 13.1. The van der Waals surface area contributed by atoms with Crippen molar-refractivity contribution in [3.05, 3.63) is 67.8 Å². The number of amides is 1. The van der Waals surface area contributed by atoms with E-state index < -0.39 is 0 Å². The number of carbonyl (C=O) groups is 1. The number of carbonyl (C=O) groups excluding carboxylic acids is 1. The minimum Gasteiger partial charge on any atom is -0.385 e. The van der Waals surface area contributed by atoms with Gasteiger partial charge in [-0.15, -0.1) is 0 Å². The molecule has 1 amide bonds. The third-order valence-electron chi connectivity index (χ3n) is 5.50. The van der Waals surface area contributed by atoms with Crippen LogP contribution in [-0.4, -0.2) is 40.0 Å². The number of hydrogen-bond acceptors (Lipinski definition) is 7. The van der Waals surface area contributed by atoms with Crippen LogP contribution < -0.4 is 10.9 Å². The van der Waals surface area contributed by atoms with Gasteiger partial charge >= 0.3 is 0 Å². The number of nitrogens with one attached hydrogen (secondary N) is 1. The van der Waals surface area contributed by atoms with Crippen molar-refractivity contribution in [2.75, 3.05) is 25.6 Å². The number of ether oxygens (including phenoxy) is 1. The van der Waals surface area contributed by atoms with Gasteiger partial charge in [0.1, 0.15) is 21.8 Å². The van der Waals surface area contributed by atoms with E-state index in [0.717, 1.165) is 12.0 Å². The number of anilines is 1. The molecule has 1 saturated heterocycles. The quantitative estimate of drug-likeness (QED) is 0.298. The average Bonchev–Trinajstić information content (AvgIpc) is 3.10. The van der Waals surface area contributed by atoms with Crippen molar-refractivity contribution in [1.82, 2.24) is 9.47 Å². The van der Waals surface area contributed by atoms with Gasteiger partial charge in [-0.3, -0.25) is 19.1 Å². The van der Waals surface area contributed by atoms with Gasteiger partial charge in [-0.05, 0) is 37.0 Å². The zero-order valence-electron chi connectivity index (χ0n) is 19.6. The molecule has 0 saturated carbocycles. The summed E-state index contributed by atoms with van der Waals surface area (Å²) in [5, 5.41) is 13.1. The summed E-state index contributed by atoms with van der Waals surface area (Å²) in [6.45, 7) is 5.68. The van der Waals surface area contributed by atoms with Crippen LogP contribution >= 0.6 is 24.0 Å². The van der Waals surface area contributed by atoms with E-state index in [2.05, 4.69) is 11.4 Å². The van der Waals surface area contributed by atoms with E-state index in [0.29, 0.717) is 58.8 Å². The number of thiocarbonyl (C=S) groups is 1. The van der Waals surface area contributed by atoms with Gasteiger partial charge in [-0.2, -0.15) is 5.26 Å². The van der Waals surface area contributed by atoms with Crippen LogP contribution in [0.5, 0.6) is 0 Å². The van der Waals surface area contributed by atoms with Crippen LogP contribution in [-0.2, 0) is 22.6 Å². The normalized spacial score (nSPS) is 14.6.